The summed E-state index contributed by atoms with van der Waals surface area (Å²) in [5, 5.41) is 0. The Morgan fingerprint density at radius 3 is 2.89 bits per heavy atom. The number of benzene rings is 1. The molecule has 0 fully saturated rings. The van der Waals surface area contributed by atoms with Crippen molar-refractivity contribution < 1.29 is 4.39 Å². The summed E-state index contributed by atoms with van der Waals surface area (Å²) in [7, 11) is 0. The molecule has 0 aromatic heterocycles. The Morgan fingerprint density at radius 2 is 2.44 bits per heavy atom. The molecule has 0 atom stereocenters. The van der Waals surface area contributed by atoms with Gasteiger partial charge in [-0.25, -0.2) is 4.39 Å². The first kappa shape index (κ1) is 6.27. The molecular formula is C8H8F. The van der Waals surface area contributed by atoms with Crippen molar-refractivity contribution in [1.29, 1.82) is 0 Å². The van der Waals surface area contributed by atoms with Gasteiger partial charge in [-0.1, -0.05) is 13.0 Å². The first-order chi connectivity index (χ1) is 4.33. The van der Waals surface area contributed by atoms with Crippen molar-refractivity contribution in [3.05, 3.63) is 35.6 Å². The Hall–Kier alpha value is -0.850. The van der Waals surface area contributed by atoms with Crippen molar-refractivity contribution in [1.82, 2.24) is 0 Å². The highest BCUT2D eigenvalue weighted by atomic mass is 19.1. The molecular weight excluding hydrogens is 115 g/mol. The van der Waals surface area contributed by atoms with Crippen molar-refractivity contribution in [3.63, 3.8) is 0 Å². The van der Waals surface area contributed by atoms with Crippen LogP contribution in [0.3, 0.4) is 0 Å². The van der Waals surface area contributed by atoms with Crippen LogP contribution in [0.1, 0.15) is 12.5 Å². The van der Waals surface area contributed by atoms with Crippen LogP contribution in [0.2, 0.25) is 0 Å². The van der Waals surface area contributed by atoms with Crippen LogP contribution >= 0.6 is 0 Å². The molecule has 1 rings (SSSR count). The summed E-state index contributed by atoms with van der Waals surface area (Å²) in [6, 6.07) is 7.43. The van der Waals surface area contributed by atoms with Gasteiger partial charge in [0.25, 0.3) is 0 Å². The fourth-order valence-corrected chi connectivity index (χ4v) is 0.689. The molecule has 47 valence electrons. The molecule has 0 N–H and O–H groups in total. The van der Waals surface area contributed by atoms with E-state index in [2.05, 4.69) is 6.07 Å². The summed E-state index contributed by atoms with van der Waals surface area (Å²) in [5.41, 5.74) is 0.926. The van der Waals surface area contributed by atoms with E-state index in [0.29, 0.717) is 0 Å². The smallest absolute Gasteiger partial charge is 0.123 e. The Balaban J connectivity index is 2.94. The normalized spacial score (nSPS) is 9.56. The van der Waals surface area contributed by atoms with Crippen LogP contribution in [-0.4, -0.2) is 0 Å². The van der Waals surface area contributed by atoms with Gasteiger partial charge in [-0.2, -0.15) is 0 Å². The van der Waals surface area contributed by atoms with Gasteiger partial charge in [0.15, 0.2) is 0 Å². The van der Waals surface area contributed by atoms with Crippen molar-refractivity contribution in [3.8, 4) is 0 Å². The summed E-state index contributed by atoms with van der Waals surface area (Å²) < 4.78 is 12.3. The molecule has 0 saturated carbocycles. The lowest BCUT2D eigenvalue weighted by Crippen LogP contribution is -1.80. The number of aryl methyl sites for hydroxylation is 1. The molecule has 0 aliphatic rings. The lowest BCUT2D eigenvalue weighted by atomic mass is 10.2. The van der Waals surface area contributed by atoms with E-state index in [4.69, 9.17) is 0 Å². The Kier molecular flexibility index (Phi) is 1.83. The third-order valence-corrected chi connectivity index (χ3v) is 1.20. The van der Waals surface area contributed by atoms with Gasteiger partial charge in [0.2, 0.25) is 0 Å². The van der Waals surface area contributed by atoms with Gasteiger partial charge in [-0.3, -0.25) is 0 Å². The predicted octanol–water partition coefficient (Wildman–Crippen LogP) is 2.19. The van der Waals surface area contributed by atoms with Crippen LogP contribution in [-0.2, 0) is 6.42 Å². The van der Waals surface area contributed by atoms with E-state index >= 15 is 0 Å². The largest absolute Gasteiger partial charge is 0.207 e. The summed E-state index contributed by atoms with van der Waals surface area (Å²) in [6.45, 7) is 1.98. The van der Waals surface area contributed by atoms with Gasteiger partial charge in [0.05, 0.1) is 0 Å². The van der Waals surface area contributed by atoms with Crippen LogP contribution in [0.5, 0.6) is 0 Å². The van der Waals surface area contributed by atoms with E-state index in [1.54, 1.807) is 6.07 Å². The van der Waals surface area contributed by atoms with Crippen molar-refractivity contribution in [2.24, 2.45) is 0 Å². The van der Waals surface area contributed by atoms with E-state index in [1.165, 1.54) is 12.1 Å². The van der Waals surface area contributed by atoms with Crippen molar-refractivity contribution in [2.75, 3.05) is 0 Å². The molecule has 0 bridgehead atoms. The molecule has 1 aromatic carbocycles. The van der Waals surface area contributed by atoms with Crippen molar-refractivity contribution >= 4 is 0 Å². The highest BCUT2D eigenvalue weighted by Crippen LogP contribution is 2.01. The first-order valence-corrected chi connectivity index (χ1v) is 2.99. The molecule has 1 aromatic rings. The van der Waals surface area contributed by atoms with Crippen LogP contribution in [0.15, 0.2) is 18.2 Å². The monoisotopic (exact) mass is 123 g/mol. The molecule has 0 nitrogen and oxygen atoms in total. The standard InChI is InChI=1S/C8H8F/c1-2-7-4-3-5-8(9)6-7/h3,5-6H,2H2,1H3. The fourth-order valence-electron chi connectivity index (χ4n) is 0.689. The topological polar surface area (TPSA) is 0 Å². The second-order valence-electron chi connectivity index (χ2n) is 1.89. The van der Waals surface area contributed by atoms with E-state index in [9.17, 15) is 4.39 Å². The third kappa shape index (κ3) is 1.53. The summed E-state index contributed by atoms with van der Waals surface area (Å²) in [5.74, 6) is -0.175. The average Bonchev–Trinajstić information content (AvgIpc) is 1.88. The molecule has 0 aliphatic carbocycles. The molecule has 0 aliphatic heterocycles. The summed E-state index contributed by atoms with van der Waals surface area (Å²) in [4.78, 5) is 0. The molecule has 0 saturated heterocycles. The molecule has 0 heterocycles. The lowest BCUT2D eigenvalue weighted by molar-refractivity contribution is 0.625. The van der Waals surface area contributed by atoms with Crippen LogP contribution < -0.4 is 0 Å². The molecule has 1 radical (unpaired) electrons. The minimum atomic E-state index is -0.175. The number of halogens is 1. The van der Waals surface area contributed by atoms with E-state index in [0.717, 1.165) is 12.0 Å². The second kappa shape index (κ2) is 2.62. The van der Waals surface area contributed by atoms with Crippen LogP contribution in [0.4, 0.5) is 4.39 Å². The second-order valence-corrected chi connectivity index (χ2v) is 1.89. The predicted molar refractivity (Wildman–Crippen MR) is 34.6 cm³/mol. The first-order valence-electron chi connectivity index (χ1n) is 2.99. The van der Waals surface area contributed by atoms with Crippen LogP contribution in [0.25, 0.3) is 0 Å². The van der Waals surface area contributed by atoms with Gasteiger partial charge in [-0.05, 0) is 30.2 Å². The maximum Gasteiger partial charge on any atom is 0.123 e. The van der Waals surface area contributed by atoms with Gasteiger partial charge in [0, 0.05) is 0 Å². The summed E-state index contributed by atoms with van der Waals surface area (Å²) >= 11 is 0. The molecule has 0 spiro atoms. The zero-order valence-electron chi connectivity index (χ0n) is 5.32. The van der Waals surface area contributed by atoms with E-state index < -0.39 is 0 Å². The Labute approximate surface area is 54.3 Å². The van der Waals surface area contributed by atoms with E-state index in [1.807, 2.05) is 6.92 Å². The highest BCUT2D eigenvalue weighted by Gasteiger charge is 1.89. The van der Waals surface area contributed by atoms with Gasteiger partial charge >= 0.3 is 0 Å². The zero-order valence-corrected chi connectivity index (χ0v) is 5.32. The Bertz CT molecular complexity index is 194. The molecule has 0 unspecified atom stereocenters. The average molecular weight is 123 g/mol. The maximum absolute atomic E-state index is 12.3. The van der Waals surface area contributed by atoms with Gasteiger partial charge < -0.3 is 0 Å². The lowest BCUT2D eigenvalue weighted by Gasteiger charge is -1.91. The fraction of sp³-hybridized carbons (Fsp3) is 0.250. The molecule has 9 heavy (non-hydrogen) atoms. The van der Waals surface area contributed by atoms with Crippen molar-refractivity contribution in [2.45, 2.75) is 13.3 Å². The molecule has 1 heteroatoms. The SMILES string of the molecule is CCc1[c]ccc(F)c1. The Morgan fingerprint density at radius 1 is 1.67 bits per heavy atom. The summed E-state index contributed by atoms with van der Waals surface area (Å²) in [6.07, 6.45) is 0.845. The van der Waals surface area contributed by atoms with Gasteiger partial charge in [0.1, 0.15) is 5.82 Å². The molecule has 0 amide bonds. The van der Waals surface area contributed by atoms with E-state index in [-0.39, 0.29) is 5.82 Å². The highest BCUT2D eigenvalue weighted by molar-refractivity contribution is 5.14. The third-order valence-electron chi connectivity index (χ3n) is 1.20. The number of hydrogen-bond donors (Lipinski definition) is 0. The quantitative estimate of drug-likeness (QED) is 0.537. The maximum atomic E-state index is 12.3. The minimum Gasteiger partial charge on any atom is -0.207 e. The number of rotatable bonds is 1. The van der Waals surface area contributed by atoms with Crippen LogP contribution in [0, 0.1) is 11.9 Å². The minimum absolute atomic E-state index is 0.175. The zero-order chi connectivity index (χ0) is 6.69. The van der Waals surface area contributed by atoms with Gasteiger partial charge in [-0.15, -0.1) is 0 Å². The number of hydrogen-bond acceptors (Lipinski definition) is 0.